The van der Waals surface area contributed by atoms with Crippen molar-refractivity contribution in [1.29, 1.82) is 0 Å². The van der Waals surface area contributed by atoms with Crippen LogP contribution in [0.5, 0.6) is 5.75 Å². The zero-order valence-electron chi connectivity index (χ0n) is 22.1. The fraction of sp³-hybridized carbons (Fsp3) is 0.556. The second-order valence-electron chi connectivity index (χ2n) is 11.9. The van der Waals surface area contributed by atoms with E-state index < -0.39 is 99.6 Å². The van der Waals surface area contributed by atoms with Crippen LogP contribution < -0.4 is 11.1 Å². The SMILES string of the molecule is CN(C)[C@@H]1C(=O)C(C(N)=O)C(=O)[C@@]2(O)C(=O)C3C(=O)c4c(O)c5c(c(F)c4C[C@H]3C[C@@H]12)CN1C[C@@H](F)C[C@H]1C(=O)N5. The Morgan fingerprint density at radius 2 is 1.80 bits per heavy atom. The molecule has 1 saturated heterocycles. The molecule has 2 aliphatic heterocycles. The van der Waals surface area contributed by atoms with Gasteiger partial charge in [-0.15, -0.1) is 0 Å². The molecular weight excluding hydrogens is 546 g/mol. The van der Waals surface area contributed by atoms with Gasteiger partial charge in [0.2, 0.25) is 11.8 Å². The van der Waals surface area contributed by atoms with E-state index in [0.29, 0.717) is 0 Å². The zero-order valence-corrected chi connectivity index (χ0v) is 22.1. The summed E-state index contributed by atoms with van der Waals surface area (Å²) in [6.07, 6.45) is -1.90. The Bertz CT molecular complexity index is 1480. The third-order valence-electron chi connectivity index (χ3n) is 9.53. The molecule has 41 heavy (non-hydrogen) atoms. The van der Waals surface area contributed by atoms with Gasteiger partial charge in [-0.3, -0.25) is 38.6 Å². The van der Waals surface area contributed by atoms with Crippen LogP contribution in [0.2, 0.25) is 0 Å². The number of nitrogens with one attached hydrogen (secondary N) is 1. The van der Waals surface area contributed by atoms with Crippen LogP contribution in [0.25, 0.3) is 0 Å². The van der Waals surface area contributed by atoms with Crippen LogP contribution in [0.3, 0.4) is 0 Å². The quantitative estimate of drug-likeness (QED) is 0.249. The second-order valence-corrected chi connectivity index (χ2v) is 11.9. The minimum Gasteiger partial charge on any atom is -0.505 e. The lowest BCUT2D eigenvalue weighted by molar-refractivity contribution is -0.181. The Kier molecular flexibility index (Phi) is 6.00. The average molecular weight is 575 g/mol. The highest BCUT2D eigenvalue weighted by Gasteiger charge is 2.69. The monoisotopic (exact) mass is 574 g/mol. The standard InChI is InChI=1S/C27H28F2N4O8/c1-32(2)19-12-4-8-3-10-15(20(34)14(8)23(37)27(12,41)24(38)16(22(19)36)25(30)39)21(35)18-11(17(10)29)7-33-6-9(28)5-13(33)26(40)31-18/h8-9,12-14,16,19,35,41H,3-7H2,1-2H3,(H2,30,39)(H,31,40)/t8-,9-,12-,13-,14?,16?,19-,27-/m0/s1. The molecule has 0 bridgehead atoms. The minimum absolute atomic E-state index is 0.118. The third-order valence-corrected chi connectivity index (χ3v) is 9.53. The summed E-state index contributed by atoms with van der Waals surface area (Å²) in [6, 6.07) is -2.19. The average Bonchev–Trinajstić information content (AvgIpc) is 3.19. The van der Waals surface area contributed by atoms with Gasteiger partial charge in [0, 0.05) is 36.6 Å². The lowest BCUT2D eigenvalue weighted by atomic mass is 9.52. The first-order valence-corrected chi connectivity index (χ1v) is 13.3. The molecule has 1 aromatic carbocycles. The van der Waals surface area contributed by atoms with Crippen LogP contribution in [0.15, 0.2) is 0 Å². The summed E-state index contributed by atoms with van der Waals surface area (Å²) < 4.78 is 30.2. The van der Waals surface area contributed by atoms with Crippen LogP contribution in [-0.4, -0.2) is 99.5 Å². The van der Waals surface area contributed by atoms with Gasteiger partial charge in [0.05, 0.1) is 29.3 Å². The van der Waals surface area contributed by atoms with Crippen molar-refractivity contribution in [2.45, 2.75) is 49.7 Å². The minimum atomic E-state index is -2.90. The highest BCUT2D eigenvalue weighted by atomic mass is 19.1. The molecule has 6 rings (SSSR count). The Hall–Kier alpha value is -3.62. The summed E-state index contributed by atoms with van der Waals surface area (Å²) in [5.41, 5.74) is 1.15. The van der Waals surface area contributed by atoms with Crippen LogP contribution in [0.4, 0.5) is 14.5 Å². The number of anilines is 1. The molecule has 3 fully saturated rings. The van der Waals surface area contributed by atoms with Crippen molar-refractivity contribution in [1.82, 2.24) is 9.80 Å². The smallest absolute Gasteiger partial charge is 0.241 e. The molecule has 5 N–H and O–H groups in total. The fourth-order valence-electron chi connectivity index (χ4n) is 7.74. The molecule has 5 aliphatic rings. The lowest BCUT2D eigenvalue weighted by Gasteiger charge is -2.52. The molecule has 2 heterocycles. The summed E-state index contributed by atoms with van der Waals surface area (Å²) >= 11 is 0. The number of amides is 2. The van der Waals surface area contributed by atoms with Crippen molar-refractivity contribution in [2.75, 3.05) is 26.0 Å². The number of ketones is 4. The maximum Gasteiger partial charge on any atom is 0.241 e. The van der Waals surface area contributed by atoms with Gasteiger partial charge in [0.25, 0.3) is 0 Å². The summed E-state index contributed by atoms with van der Waals surface area (Å²) in [5, 5.41) is 25.2. The van der Waals surface area contributed by atoms with E-state index in [1.807, 2.05) is 0 Å². The molecule has 14 heteroatoms. The van der Waals surface area contributed by atoms with Gasteiger partial charge in [-0.2, -0.15) is 0 Å². The number of likely N-dealkylation sites (N-methyl/N-ethyl adjacent to an activating group) is 1. The molecule has 0 radical (unpaired) electrons. The maximum atomic E-state index is 16.1. The number of alkyl halides is 1. The number of aliphatic hydroxyl groups is 1. The molecule has 1 aromatic rings. The van der Waals surface area contributed by atoms with Crippen LogP contribution in [0.1, 0.15) is 34.3 Å². The number of benzene rings is 1. The number of rotatable bonds is 2. The number of hydrogen-bond donors (Lipinski definition) is 4. The van der Waals surface area contributed by atoms with E-state index in [-0.39, 0.29) is 49.2 Å². The number of Topliss-reactive ketones (excluding diaryl/α,β-unsaturated/α-hetero) is 4. The summed E-state index contributed by atoms with van der Waals surface area (Å²) in [4.78, 5) is 81.9. The van der Waals surface area contributed by atoms with Gasteiger partial charge in [0.1, 0.15) is 12.0 Å². The Labute approximate surface area is 231 Å². The number of phenols is 1. The van der Waals surface area contributed by atoms with Crippen molar-refractivity contribution >= 4 is 40.6 Å². The Balaban J connectivity index is 1.47. The second kappa shape index (κ2) is 8.94. The largest absolute Gasteiger partial charge is 0.505 e. The fourth-order valence-corrected chi connectivity index (χ4v) is 7.74. The van der Waals surface area contributed by atoms with E-state index >= 15 is 4.39 Å². The topological polar surface area (TPSA) is 187 Å². The molecule has 8 atom stereocenters. The number of nitrogens with two attached hydrogens (primary N) is 1. The molecule has 218 valence electrons. The molecule has 3 aliphatic carbocycles. The van der Waals surface area contributed by atoms with E-state index in [2.05, 4.69) is 5.32 Å². The zero-order chi connectivity index (χ0) is 29.9. The number of fused-ring (bicyclic) bond motifs is 5. The number of carbonyl (C=O) groups is 6. The number of halogens is 2. The first-order valence-electron chi connectivity index (χ1n) is 13.3. The van der Waals surface area contributed by atoms with E-state index in [4.69, 9.17) is 5.73 Å². The van der Waals surface area contributed by atoms with Crippen molar-refractivity contribution in [3.05, 3.63) is 22.5 Å². The van der Waals surface area contributed by atoms with Crippen molar-refractivity contribution < 1.29 is 47.8 Å². The van der Waals surface area contributed by atoms with E-state index in [0.717, 1.165) is 0 Å². The van der Waals surface area contributed by atoms with Gasteiger partial charge in [0.15, 0.2) is 40.4 Å². The summed E-state index contributed by atoms with van der Waals surface area (Å²) in [7, 11) is 2.92. The van der Waals surface area contributed by atoms with Gasteiger partial charge in [-0.1, -0.05) is 0 Å². The predicted molar refractivity (Wildman–Crippen MR) is 134 cm³/mol. The van der Waals surface area contributed by atoms with Crippen LogP contribution in [0, 0.1) is 29.5 Å². The van der Waals surface area contributed by atoms with E-state index in [9.17, 15) is 43.4 Å². The number of phenolic OH excluding ortho intramolecular Hbond substituents is 1. The summed E-state index contributed by atoms with van der Waals surface area (Å²) in [6.45, 7) is -0.330. The molecule has 2 saturated carbocycles. The number of carbonyl (C=O) groups excluding carboxylic acids is 6. The molecule has 12 nitrogen and oxygen atoms in total. The Morgan fingerprint density at radius 3 is 2.44 bits per heavy atom. The first kappa shape index (κ1) is 27.5. The number of hydrogen-bond acceptors (Lipinski definition) is 10. The highest BCUT2D eigenvalue weighted by molar-refractivity contribution is 6.32. The molecular formula is C27H28F2N4O8. The normalized spacial score (nSPS) is 36.6. The van der Waals surface area contributed by atoms with Crippen molar-refractivity contribution in [3.63, 3.8) is 0 Å². The first-order chi connectivity index (χ1) is 19.2. The Morgan fingerprint density at radius 1 is 1.12 bits per heavy atom. The maximum absolute atomic E-state index is 16.1. The molecule has 0 aromatic heterocycles. The van der Waals surface area contributed by atoms with Crippen LogP contribution >= 0.6 is 0 Å². The van der Waals surface area contributed by atoms with Gasteiger partial charge in [-0.05, 0) is 32.9 Å². The number of nitrogens with zero attached hydrogens (tertiary/aromatic N) is 2. The molecule has 2 amide bonds. The van der Waals surface area contributed by atoms with E-state index in [1.165, 1.54) is 23.9 Å². The molecule has 0 spiro atoms. The predicted octanol–water partition coefficient (Wildman–Crippen LogP) is -1.13. The summed E-state index contributed by atoms with van der Waals surface area (Å²) in [5.74, 6) is -14.4. The van der Waals surface area contributed by atoms with Gasteiger partial charge >= 0.3 is 0 Å². The van der Waals surface area contributed by atoms with Gasteiger partial charge < -0.3 is 21.3 Å². The van der Waals surface area contributed by atoms with E-state index in [1.54, 1.807) is 0 Å². The highest BCUT2D eigenvalue weighted by Crippen LogP contribution is 2.52. The van der Waals surface area contributed by atoms with Crippen molar-refractivity contribution in [2.24, 2.45) is 29.4 Å². The van der Waals surface area contributed by atoms with Crippen LogP contribution in [-0.2, 0) is 36.9 Å². The van der Waals surface area contributed by atoms with Gasteiger partial charge in [-0.25, -0.2) is 8.78 Å². The number of primary amides is 1. The third kappa shape index (κ3) is 3.53. The number of aromatic hydroxyl groups is 1. The molecule has 2 unspecified atom stereocenters. The lowest BCUT2D eigenvalue weighted by Crippen LogP contribution is -2.74. The van der Waals surface area contributed by atoms with Crippen molar-refractivity contribution in [3.8, 4) is 5.75 Å².